The van der Waals surface area contributed by atoms with Crippen LogP contribution in [0.3, 0.4) is 0 Å². The molecule has 3 fully saturated rings. The van der Waals surface area contributed by atoms with Crippen LogP contribution in [0.15, 0.2) is 60.2 Å². The zero-order chi connectivity index (χ0) is 27.9. The molecule has 6 unspecified atom stereocenters. The number of alkyl halides is 2. The minimum atomic E-state index is -1.97. The maximum absolute atomic E-state index is 13.9. The molecule has 6 rings (SSSR count). The van der Waals surface area contributed by atoms with Crippen LogP contribution in [0.5, 0.6) is 11.5 Å². The average molecular weight is 569 g/mol. The number of imide groups is 2. The Morgan fingerprint density at radius 3 is 2.38 bits per heavy atom. The Morgan fingerprint density at radius 1 is 0.974 bits per heavy atom. The van der Waals surface area contributed by atoms with Crippen LogP contribution in [-0.4, -0.2) is 57.0 Å². The van der Waals surface area contributed by atoms with Gasteiger partial charge in [-0.1, -0.05) is 42.0 Å². The second kappa shape index (κ2) is 8.83. The lowest BCUT2D eigenvalue weighted by Gasteiger charge is -2.50. The number of hydrogen-bond donors (Lipinski definition) is 1. The van der Waals surface area contributed by atoms with Crippen molar-refractivity contribution in [1.29, 1.82) is 0 Å². The highest BCUT2D eigenvalue weighted by atomic mass is 35.5. The summed E-state index contributed by atoms with van der Waals surface area (Å²) in [5.41, 5.74) is 1.35. The maximum atomic E-state index is 13.9. The van der Waals surface area contributed by atoms with Gasteiger partial charge >= 0.3 is 0 Å². The topological polar surface area (TPSA) is 104 Å². The largest absolute Gasteiger partial charge is 0.504 e. The lowest BCUT2D eigenvalue weighted by Crippen LogP contribution is -2.60. The van der Waals surface area contributed by atoms with Crippen LogP contribution in [0.1, 0.15) is 31.2 Å². The number of hydrogen-bond acceptors (Lipinski definition) is 6. The van der Waals surface area contributed by atoms with E-state index in [-0.39, 0.29) is 48.3 Å². The molecule has 4 amide bonds. The number of ether oxygens (including phenoxy) is 1. The molecule has 202 valence electrons. The summed E-state index contributed by atoms with van der Waals surface area (Å²) in [7, 11) is 1.33. The van der Waals surface area contributed by atoms with E-state index >= 15 is 0 Å². The number of carbonyl (C=O) groups excluding carboxylic acids is 4. The fraction of sp³-hybridized carbons (Fsp3) is 0.379. The molecule has 1 N–H and O–H groups in total. The summed E-state index contributed by atoms with van der Waals surface area (Å²) in [6.07, 6.45) is 1.97. The number of fused-ring (bicyclic) bond motifs is 4. The number of anilines is 1. The first kappa shape index (κ1) is 25.9. The Balaban J connectivity index is 1.54. The van der Waals surface area contributed by atoms with Crippen LogP contribution in [0.2, 0.25) is 0 Å². The maximum Gasteiger partial charge on any atom is 0.253 e. The van der Waals surface area contributed by atoms with Crippen molar-refractivity contribution in [2.45, 2.75) is 35.4 Å². The minimum absolute atomic E-state index is 0.107. The molecule has 2 aromatic carbocycles. The van der Waals surface area contributed by atoms with Crippen LogP contribution in [-0.2, 0) is 19.2 Å². The number of aromatic hydroxyl groups is 1. The van der Waals surface area contributed by atoms with E-state index in [0.29, 0.717) is 11.3 Å². The predicted octanol–water partition coefficient (Wildman–Crippen LogP) is 3.98. The fourth-order valence-electron chi connectivity index (χ4n) is 6.97. The van der Waals surface area contributed by atoms with E-state index in [2.05, 4.69) is 0 Å². The van der Waals surface area contributed by atoms with Crippen LogP contribution < -0.4 is 9.64 Å². The number of benzene rings is 2. The molecule has 6 atom stereocenters. The Labute approximate surface area is 235 Å². The van der Waals surface area contributed by atoms with Gasteiger partial charge < -0.3 is 9.84 Å². The number of halogens is 2. The molecule has 2 aliphatic heterocycles. The lowest BCUT2D eigenvalue weighted by molar-refractivity contribution is -0.138. The van der Waals surface area contributed by atoms with Gasteiger partial charge in [-0.2, -0.15) is 0 Å². The normalized spacial score (nSPS) is 33.6. The number of amides is 4. The summed E-state index contributed by atoms with van der Waals surface area (Å²) >= 11 is 14.3. The molecule has 8 nitrogen and oxygen atoms in total. The molecule has 0 spiro atoms. The number of para-hydroxylation sites is 2. The molecule has 0 aromatic heterocycles. The smallest absolute Gasteiger partial charge is 0.253 e. The highest BCUT2D eigenvalue weighted by molar-refractivity contribution is 6.53. The summed E-state index contributed by atoms with van der Waals surface area (Å²) in [5, 5.41) is 11.3. The number of phenolic OH excluding ortho intramolecular Hbond substituents is 1. The van der Waals surface area contributed by atoms with Crippen molar-refractivity contribution in [3.8, 4) is 11.5 Å². The van der Waals surface area contributed by atoms with Gasteiger partial charge in [0.25, 0.3) is 11.8 Å². The summed E-state index contributed by atoms with van der Waals surface area (Å²) < 4.78 is 5.59. The Morgan fingerprint density at radius 2 is 1.69 bits per heavy atom. The molecule has 0 radical (unpaired) electrons. The highest BCUT2D eigenvalue weighted by Gasteiger charge is 2.76. The van der Waals surface area contributed by atoms with E-state index in [1.54, 1.807) is 55.5 Å². The van der Waals surface area contributed by atoms with Crippen molar-refractivity contribution in [2.24, 2.45) is 17.8 Å². The van der Waals surface area contributed by atoms with E-state index in [9.17, 15) is 24.3 Å². The number of nitrogens with zero attached hydrogens (tertiary/aromatic N) is 2. The molecule has 2 aromatic rings. The predicted molar refractivity (Wildman–Crippen MR) is 144 cm³/mol. The molecule has 2 heterocycles. The van der Waals surface area contributed by atoms with Crippen molar-refractivity contribution >= 4 is 52.5 Å². The van der Waals surface area contributed by atoms with Crippen molar-refractivity contribution in [3.05, 3.63) is 65.7 Å². The quantitative estimate of drug-likeness (QED) is 0.340. The molecule has 2 aliphatic carbocycles. The average Bonchev–Trinajstić information content (AvgIpc) is 3.26. The fourth-order valence-corrected chi connectivity index (χ4v) is 7.98. The van der Waals surface area contributed by atoms with Gasteiger partial charge in [0.1, 0.15) is 0 Å². The lowest BCUT2D eigenvalue weighted by atomic mass is 9.56. The Hall–Kier alpha value is -3.36. The standard InChI is InChI=1S/C29H26Cl2N2O6/c1-3-39-20-11-7-10-18(23(20)34)22-16-12-13-17-21(25(36)33(24(17)35)15-8-5-4-6-9-15)19(16)14-28(30)26(37)32(2)27(38)29(22,28)31/h4-12,17,19,21-22,34H,3,13-14H2,1-2H3. The molecular formula is C29H26Cl2N2O6. The summed E-state index contributed by atoms with van der Waals surface area (Å²) in [4.78, 5) is 52.9. The highest BCUT2D eigenvalue weighted by Crippen LogP contribution is 2.66. The second-order valence-corrected chi connectivity index (χ2v) is 11.7. The molecule has 1 saturated carbocycles. The van der Waals surface area contributed by atoms with Crippen LogP contribution in [0.4, 0.5) is 5.69 Å². The molecule has 39 heavy (non-hydrogen) atoms. The van der Waals surface area contributed by atoms with Gasteiger partial charge in [-0.25, -0.2) is 0 Å². The van der Waals surface area contributed by atoms with E-state index in [1.807, 2.05) is 6.08 Å². The van der Waals surface area contributed by atoms with Gasteiger partial charge in [-0.05, 0) is 43.9 Å². The molecule has 10 heteroatoms. The van der Waals surface area contributed by atoms with Gasteiger partial charge in [0, 0.05) is 18.5 Å². The van der Waals surface area contributed by atoms with Crippen molar-refractivity contribution < 1.29 is 29.0 Å². The van der Waals surface area contributed by atoms with E-state index in [0.717, 1.165) is 4.90 Å². The third-order valence-corrected chi connectivity index (χ3v) is 10.1. The minimum Gasteiger partial charge on any atom is -0.504 e. The van der Waals surface area contributed by atoms with Gasteiger partial charge in [-0.15, -0.1) is 23.2 Å². The van der Waals surface area contributed by atoms with Gasteiger partial charge in [-0.3, -0.25) is 29.0 Å². The number of rotatable bonds is 4. The van der Waals surface area contributed by atoms with Gasteiger partial charge in [0.15, 0.2) is 21.2 Å². The third kappa shape index (κ3) is 3.25. The van der Waals surface area contributed by atoms with E-state index in [4.69, 9.17) is 27.9 Å². The second-order valence-electron chi connectivity index (χ2n) is 10.5. The van der Waals surface area contributed by atoms with Crippen molar-refractivity contribution in [1.82, 2.24) is 4.90 Å². The van der Waals surface area contributed by atoms with Gasteiger partial charge in [0.05, 0.1) is 24.1 Å². The number of carbonyl (C=O) groups is 4. The van der Waals surface area contributed by atoms with Crippen LogP contribution >= 0.6 is 23.2 Å². The number of allylic oxidation sites excluding steroid dienone is 2. The molecule has 0 bridgehead atoms. The SMILES string of the molecule is CCOc1cccc(C2C3=CCC4C(=O)N(c5ccccc5)C(=O)C4C3CC3(Cl)C(=O)N(C)C(=O)C23Cl)c1O. The van der Waals surface area contributed by atoms with Gasteiger partial charge in [0.2, 0.25) is 11.8 Å². The first-order valence-electron chi connectivity index (χ1n) is 12.9. The first-order chi connectivity index (χ1) is 18.6. The molecule has 2 saturated heterocycles. The van der Waals surface area contributed by atoms with E-state index < -0.39 is 45.2 Å². The summed E-state index contributed by atoms with van der Waals surface area (Å²) in [6, 6.07) is 13.6. The number of phenols is 1. The summed E-state index contributed by atoms with van der Waals surface area (Å²) in [6.45, 7) is 2.06. The third-order valence-electron chi connectivity index (χ3n) is 8.67. The van der Waals surface area contributed by atoms with Crippen molar-refractivity contribution in [3.63, 3.8) is 0 Å². The molecular weight excluding hydrogens is 543 g/mol. The Bertz CT molecular complexity index is 1460. The zero-order valence-corrected chi connectivity index (χ0v) is 22.8. The van der Waals surface area contributed by atoms with Crippen LogP contribution in [0, 0.1) is 17.8 Å². The monoisotopic (exact) mass is 568 g/mol. The number of likely N-dealkylation sites (tertiary alicyclic amines) is 1. The van der Waals surface area contributed by atoms with Crippen molar-refractivity contribution in [2.75, 3.05) is 18.6 Å². The zero-order valence-electron chi connectivity index (χ0n) is 21.3. The van der Waals surface area contributed by atoms with Crippen LogP contribution in [0.25, 0.3) is 0 Å². The Kier molecular flexibility index (Phi) is 5.86. The van der Waals surface area contributed by atoms with E-state index in [1.165, 1.54) is 11.9 Å². The molecule has 4 aliphatic rings. The summed E-state index contributed by atoms with van der Waals surface area (Å²) in [5.74, 6) is -5.25. The first-order valence-corrected chi connectivity index (χ1v) is 13.6.